The van der Waals surface area contributed by atoms with Crippen molar-refractivity contribution in [3.63, 3.8) is 0 Å². The summed E-state index contributed by atoms with van der Waals surface area (Å²) in [6, 6.07) is 59.9. The molecule has 2 aromatic heterocycles. The van der Waals surface area contributed by atoms with Crippen molar-refractivity contribution in [2.24, 2.45) is 0 Å². The number of benzene rings is 8. The molecule has 1 nitrogen and oxygen atoms in total. The summed E-state index contributed by atoms with van der Waals surface area (Å²) < 4.78 is 5.18. The minimum Gasteiger partial charge on any atom is -0.309 e. The summed E-state index contributed by atoms with van der Waals surface area (Å²) in [5.74, 6) is 0. The van der Waals surface area contributed by atoms with Crippen LogP contribution in [-0.4, -0.2) is 4.57 Å². The lowest BCUT2D eigenvalue weighted by Crippen LogP contribution is -1.94. The maximum Gasteiger partial charge on any atom is 0.0626 e. The molecular weight excluding hydrogens is 575 g/mol. The van der Waals surface area contributed by atoms with Crippen LogP contribution in [0.3, 0.4) is 0 Å². The molecular formula is C44H27NS. The van der Waals surface area contributed by atoms with Crippen molar-refractivity contribution in [3.05, 3.63) is 164 Å². The highest BCUT2D eigenvalue weighted by molar-refractivity contribution is 7.28. The molecule has 0 atom stereocenters. The normalized spacial score (nSPS) is 11.9. The van der Waals surface area contributed by atoms with Gasteiger partial charge in [-0.2, -0.15) is 0 Å². The van der Waals surface area contributed by atoms with Crippen LogP contribution in [0.25, 0.3) is 91.5 Å². The molecule has 2 heteroatoms. The van der Waals surface area contributed by atoms with Crippen LogP contribution in [0.1, 0.15) is 0 Å². The highest BCUT2D eigenvalue weighted by Gasteiger charge is 2.24. The Hall–Kier alpha value is -5.70. The fraction of sp³-hybridized carbons (Fsp3) is 0. The minimum absolute atomic E-state index is 1.18. The lowest BCUT2D eigenvalue weighted by atomic mass is 9.89. The summed E-state index contributed by atoms with van der Waals surface area (Å²) in [6.45, 7) is 0. The average Bonchev–Trinajstić information content (AvgIpc) is 3.70. The van der Waals surface area contributed by atoms with Crippen molar-refractivity contribution in [2.45, 2.75) is 0 Å². The van der Waals surface area contributed by atoms with E-state index >= 15 is 0 Å². The monoisotopic (exact) mass is 601 g/mol. The van der Waals surface area contributed by atoms with Crippen molar-refractivity contribution in [3.8, 4) is 27.9 Å². The molecule has 0 saturated carbocycles. The van der Waals surface area contributed by atoms with Crippen LogP contribution in [0, 0.1) is 0 Å². The first-order valence-corrected chi connectivity index (χ1v) is 16.6. The van der Waals surface area contributed by atoms with Gasteiger partial charge in [0.25, 0.3) is 0 Å². The molecule has 0 saturated heterocycles. The second-order valence-corrected chi connectivity index (χ2v) is 13.0. The van der Waals surface area contributed by atoms with E-state index in [4.69, 9.17) is 0 Å². The molecule has 2 heterocycles. The van der Waals surface area contributed by atoms with Crippen molar-refractivity contribution in [1.29, 1.82) is 0 Å². The predicted octanol–water partition coefficient (Wildman–Crippen LogP) is 12.8. The van der Waals surface area contributed by atoms with Gasteiger partial charge in [0.05, 0.1) is 11.0 Å². The van der Waals surface area contributed by atoms with E-state index in [9.17, 15) is 0 Å². The molecule has 0 amide bonds. The molecule has 214 valence electrons. The fourth-order valence-corrected chi connectivity index (χ4v) is 9.05. The van der Waals surface area contributed by atoms with Crippen LogP contribution in [0.4, 0.5) is 0 Å². The Kier molecular flexibility index (Phi) is 5.51. The van der Waals surface area contributed by atoms with Crippen LogP contribution in [0.2, 0.25) is 0 Å². The Morgan fingerprint density at radius 3 is 1.78 bits per heavy atom. The Balaban J connectivity index is 1.50. The van der Waals surface area contributed by atoms with E-state index in [2.05, 4.69) is 168 Å². The molecule has 0 unspecified atom stereocenters. The lowest BCUT2D eigenvalue weighted by Gasteiger charge is -2.14. The molecule has 46 heavy (non-hydrogen) atoms. The number of aromatic nitrogens is 1. The number of hydrogen-bond acceptors (Lipinski definition) is 1. The van der Waals surface area contributed by atoms with Crippen LogP contribution in [0.5, 0.6) is 0 Å². The van der Waals surface area contributed by atoms with Crippen molar-refractivity contribution in [1.82, 2.24) is 4.57 Å². The summed E-state index contributed by atoms with van der Waals surface area (Å²) in [6.07, 6.45) is 0. The Morgan fingerprint density at radius 2 is 0.978 bits per heavy atom. The van der Waals surface area contributed by atoms with Gasteiger partial charge in [0.2, 0.25) is 0 Å². The maximum atomic E-state index is 2.48. The van der Waals surface area contributed by atoms with Gasteiger partial charge in [-0.05, 0) is 57.3 Å². The zero-order valence-corrected chi connectivity index (χ0v) is 25.8. The molecule has 0 aliphatic rings. The number of para-hydroxylation sites is 2. The molecule has 10 aromatic rings. The summed E-state index contributed by atoms with van der Waals surface area (Å²) in [7, 11) is 0. The van der Waals surface area contributed by atoms with Gasteiger partial charge >= 0.3 is 0 Å². The van der Waals surface area contributed by atoms with Crippen molar-refractivity contribution in [2.75, 3.05) is 0 Å². The first-order chi connectivity index (χ1) is 22.9. The molecule has 0 spiro atoms. The van der Waals surface area contributed by atoms with Gasteiger partial charge in [0.1, 0.15) is 0 Å². The number of rotatable bonds is 3. The average molecular weight is 602 g/mol. The van der Waals surface area contributed by atoms with Crippen LogP contribution in [-0.2, 0) is 0 Å². The van der Waals surface area contributed by atoms with Gasteiger partial charge in [0, 0.05) is 47.4 Å². The van der Waals surface area contributed by atoms with Gasteiger partial charge in [-0.15, -0.1) is 11.3 Å². The molecule has 0 radical (unpaired) electrons. The molecule has 0 fully saturated rings. The largest absolute Gasteiger partial charge is 0.309 e. The lowest BCUT2D eigenvalue weighted by molar-refractivity contribution is 1.19. The van der Waals surface area contributed by atoms with Gasteiger partial charge in [-0.3, -0.25) is 0 Å². The third-order valence-corrected chi connectivity index (χ3v) is 10.8. The van der Waals surface area contributed by atoms with Crippen molar-refractivity contribution >= 4 is 74.9 Å². The first kappa shape index (κ1) is 25.6. The Labute approximate surface area is 270 Å². The zero-order chi connectivity index (χ0) is 30.2. The van der Waals surface area contributed by atoms with E-state index in [1.54, 1.807) is 0 Å². The van der Waals surface area contributed by atoms with Gasteiger partial charge in [-0.1, -0.05) is 140 Å². The van der Waals surface area contributed by atoms with Crippen LogP contribution in [0.15, 0.2) is 164 Å². The second kappa shape index (κ2) is 9.90. The minimum atomic E-state index is 1.18. The molecule has 0 aliphatic carbocycles. The van der Waals surface area contributed by atoms with Crippen LogP contribution >= 0.6 is 11.3 Å². The summed E-state index contributed by atoms with van der Waals surface area (Å²) >= 11 is 1.95. The van der Waals surface area contributed by atoms with Crippen molar-refractivity contribution < 1.29 is 0 Å². The van der Waals surface area contributed by atoms with E-state index in [0.29, 0.717) is 0 Å². The van der Waals surface area contributed by atoms with E-state index in [1.807, 2.05) is 11.3 Å². The smallest absolute Gasteiger partial charge is 0.0626 e. The fourth-order valence-electron chi connectivity index (χ4n) is 7.64. The topological polar surface area (TPSA) is 4.93 Å². The Bertz CT molecular complexity index is 2790. The number of hydrogen-bond donors (Lipinski definition) is 0. The third kappa shape index (κ3) is 3.56. The van der Waals surface area contributed by atoms with E-state index in [1.165, 1.54) is 91.5 Å². The highest BCUT2D eigenvalue weighted by Crippen LogP contribution is 2.52. The van der Waals surface area contributed by atoms with Crippen LogP contribution < -0.4 is 0 Å². The maximum absolute atomic E-state index is 2.48. The quantitative estimate of drug-likeness (QED) is 0.190. The Morgan fingerprint density at radius 1 is 0.391 bits per heavy atom. The zero-order valence-electron chi connectivity index (χ0n) is 24.9. The number of thiophene rings is 1. The highest BCUT2D eigenvalue weighted by atomic mass is 32.1. The predicted molar refractivity (Wildman–Crippen MR) is 200 cm³/mol. The van der Waals surface area contributed by atoms with Gasteiger partial charge in [-0.25, -0.2) is 0 Å². The molecule has 0 N–H and O–H groups in total. The first-order valence-electron chi connectivity index (χ1n) is 15.8. The second-order valence-electron chi connectivity index (χ2n) is 12.0. The summed E-state index contributed by atoms with van der Waals surface area (Å²) in [5.41, 5.74) is 8.71. The summed E-state index contributed by atoms with van der Waals surface area (Å²) in [4.78, 5) is 0. The third-order valence-electron chi connectivity index (χ3n) is 9.55. The molecule has 0 aliphatic heterocycles. The molecule has 10 rings (SSSR count). The van der Waals surface area contributed by atoms with Gasteiger partial charge in [0.15, 0.2) is 0 Å². The summed E-state index contributed by atoms with van der Waals surface area (Å²) in [5, 5.41) is 10.5. The SMILES string of the molecule is c1ccc(-c2ccccc2-c2cc3ccccc3c3sc4c5ccccc5c5c(c6ccccc6n5-c5ccccc5)c4c23)cc1. The molecule has 8 aromatic carbocycles. The standard InChI is InChI=1S/C44H27NS/c1-3-15-28(16-4-1)31-20-9-10-22-33(31)37-27-29-17-7-8-21-32(29)43-40(37)41-39-36-25-13-14-26-38(36)45(30-18-5-2-6-19-30)42(39)34-23-11-12-24-35(34)44(41)46-43/h1-27H. The number of fused-ring (bicyclic) bond motifs is 12. The van der Waals surface area contributed by atoms with E-state index in [-0.39, 0.29) is 0 Å². The van der Waals surface area contributed by atoms with Gasteiger partial charge < -0.3 is 4.57 Å². The molecule has 0 bridgehead atoms. The van der Waals surface area contributed by atoms with E-state index < -0.39 is 0 Å². The van der Waals surface area contributed by atoms with E-state index in [0.717, 1.165) is 0 Å². The number of nitrogens with zero attached hydrogens (tertiary/aromatic N) is 1.